The van der Waals surface area contributed by atoms with Crippen LogP contribution in [0.3, 0.4) is 0 Å². The Balaban J connectivity index is 2.70. The summed E-state index contributed by atoms with van der Waals surface area (Å²) in [5.74, 6) is 0.643. The van der Waals surface area contributed by atoms with Crippen molar-refractivity contribution in [1.82, 2.24) is 0 Å². The fraction of sp³-hybridized carbons (Fsp3) is 0.417. The van der Waals surface area contributed by atoms with Crippen LogP contribution in [-0.2, 0) is 5.60 Å². The van der Waals surface area contributed by atoms with Crippen LogP contribution in [0, 0.1) is 0 Å². The fourth-order valence-corrected chi connectivity index (χ4v) is 2.30. The molecule has 1 aliphatic rings. The summed E-state index contributed by atoms with van der Waals surface area (Å²) in [4.78, 5) is 10.9. The van der Waals surface area contributed by atoms with Crippen LogP contribution in [0.25, 0.3) is 0 Å². The van der Waals surface area contributed by atoms with Crippen molar-refractivity contribution < 1.29 is 19.4 Å². The average molecular weight is 257 g/mol. The van der Waals surface area contributed by atoms with E-state index in [0.717, 1.165) is 0 Å². The van der Waals surface area contributed by atoms with Gasteiger partial charge in [-0.05, 0) is 18.9 Å². The summed E-state index contributed by atoms with van der Waals surface area (Å²) < 4.78 is 10.4. The molecule has 1 fully saturated rings. The van der Waals surface area contributed by atoms with Gasteiger partial charge in [-0.15, -0.1) is 0 Å². The lowest BCUT2D eigenvalue weighted by Gasteiger charge is -2.19. The molecule has 0 aliphatic heterocycles. The molecule has 4 nitrogen and oxygen atoms in total. The number of methoxy groups -OCH3 is 2. The van der Waals surface area contributed by atoms with Gasteiger partial charge < -0.3 is 14.6 Å². The van der Waals surface area contributed by atoms with E-state index in [2.05, 4.69) is 0 Å². The lowest BCUT2D eigenvalue weighted by atomic mass is 10.0. The minimum atomic E-state index is -0.947. The van der Waals surface area contributed by atoms with E-state index >= 15 is 0 Å². The Kier molecular flexibility index (Phi) is 3.02. The molecule has 1 aromatic rings. The summed E-state index contributed by atoms with van der Waals surface area (Å²) >= 11 is 6.09. The van der Waals surface area contributed by atoms with E-state index in [1.807, 2.05) is 0 Å². The normalized spacial score (nSPS) is 16.5. The van der Waals surface area contributed by atoms with Gasteiger partial charge in [-0.25, -0.2) is 0 Å². The Bertz CT molecular complexity index is 466. The molecule has 1 saturated carbocycles. The zero-order chi connectivity index (χ0) is 12.6. The van der Waals surface area contributed by atoms with Crippen LogP contribution < -0.4 is 9.47 Å². The van der Waals surface area contributed by atoms with Crippen molar-refractivity contribution >= 4 is 17.9 Å². The second kappa shape index (κ2) is 4.20. The largest absolute Gasteiger partial charge is 0.492 e. The summed E-state index contributed by atoms with van der Waals surface area (Å²) in [7, 11) is 2.90. The van der Waals surface area contributed by atoms with E-state index in [1.54, 1.807) is 0 Å². The van der Waals surface area contributed by atoms with Crippen LogP contribution in [0.2, 0.25) is 5.02 Å². The lowest BCUT2D eigenvalue weighted by molar-refractivity contribution is 0.111. The summed E-state index contributed by atoms with van der Waals surface area (Å²) in [5.41, 5.74) is -0.136. The Morgan fingerprint density at radius 1 is 1.35 bits per heavy atom. The first kappa shape index (κ1) is 12.2. The Labute approximate surface area is 104 Å². The van der Waals surface area contributed by atoms with Gasteiger partial charge in [-0.2, -0.15) is 0 Å². The van der Waals surface area contributed by atoms with Gasteiger partial charge in [0.25, 0.3) is 0 Å². The molecule has 0 amide bonds. The number of aldehydes is 1. The number of carbonyl (C=O) groups is 1. The molecule has 1 aromatic carbocycles. The first-order chi connectivity index (χ1) is 8.07. The van der Waals surface area contributed by atoms with Gasteiger partial charge >= 0.3 is 0 Å². The van der Waals surface area contributed by atoms with Gasteiger partial charge in [0.15, 0.2) is 17.8 Å². The highest BCUT2D eigenvalue weighted by Gasteiger charge is 2.47. The molecule has 0 saturated heterocycles. The summed E-state index contributed by atoms with van der Waals surface area (Å²) in [6.45, 7) is 0. The number of ether oxygens (including phenoxy) is 2. The number of carbonyl (C=O) groups excluding carboxylic acids is 1. The molecule has 2 rings (SSSR count). The quantitative estimate of drug-likeness (QED) is 0.839. The van der Waals surface area contributed by atoms with Crippen LogP contribution in [0.15, 0.2) is 6.07 Å². The topological polar surface area (TPSA) is 55.8 Å². The minimum Gasteiger partial charge on any atom is -0.492 e. The number of benzene rings is 1. The number of rotatable bonds is 4. The van der Waals surface area contributed by atoms with Gasteiger partial charge in [-0.3, -0.25) is 4.79 Å². The standard InChI is InChI=1S/C12H13ClO4/c1-16-10-7(6-14)5-8(13)9(11(10)17-2)12(15)3-4-12/h5-6,15H,3-4H2,1-2H3. The van der Waals surface area contributed by atoms with Crippen molar-refractivity contribution in [3.63, 3.8) is 0 Å². The molecule has 0 bridgehead atoms. The third-order valence-electron chi connectivity index (χ3n) is 2.94. The van der Waals surface area contributed by atoms with Gasteiger partial charge in [0.2, 0.25) is 0 Å². The molecule has 1 N–H and O–H groups in total. The van der Waals surface area contributed by atoms with Gasteiger partial charge in [-0.1, -0.05) is 11.6 Å². The number of halogens is 1. The molecule has 0 aromatic heterocycles. The van der Waals surface area contributed by atoms with Crippen molar-refractivity contribution in [2.24, 2.45) is 0 Å². The van der Waals surface area contributed by atoms with Gasteiger partial charge in [0, 0.05) is 5.56 Å². The van der Waals surface area contributed by atoms with Crippen LogP contribution in [0.5, 0.6) is 11.5 Å². The summed E-state index contributed by atoms with van der Waals surface area (Å²) in [5, 5.41) is 10.5. The molecule has 17 heavy (non-hydrogen) atoms. The van der Waals surface area contributed by atoms with Crippen molar-refractivity contribution in [2.45, 2.75) is 18.4 Å². The second-order valence-corrected chi connectivity index (χ2v) is 4.45. The first-order valence-corrected chi connectivity index (χ1v) is 5.57. The molecule has 0 radical (unpaired) electrons. The highest BCUT2D eigenvalue weighted by atomic mass is 35.5. The molecule has 0 spiro atoms. The molecular formula is C12H13ClO4. The third-order valence-corrected chi connectivity index (χ3v) is 3.24. The smallest absolute Gasteiger partial charge is 0.171 e. The predicted octanol–water partition coefficient (Wildman–Crippen LogP) is 2.15. The fourth-order valence-electron chi connectivity index (χ4n) is 1.92. The minimum absolute atomic E-state index is 0.308. The first-order valence-electron chi connectivity index (χ1n) is 5.20. The van der Waals surface area contributed by atoms with Crippen LogP contribution in [0.4, 0.5) is 0 Å². The molecule has 1 aliphatic carbocycles. The van der Waals surface area contributed by atoms with Crippen LogP contribution >= 0.6 is 11.6 Å². The highest BCUT2D eigenvalue weighted by Crippen LogP contribution is 2.54. The summed E-state index contributed by atoms with van der Waals surface area (Å²) in [6.07, 6.45) is 1.91. The van der Waals surface area contributed by atoms with E-state index in [-0.39, 0.29) is 0 Å². The zero-order valence-corrected chi connectivity index (χ0v) is 10.4. The maximum absolute atomic E-state index is 10.9. The van der Waals surface area contributed by atoms with Crippen molar-refractivity contribution in [1.29, 1.82) is 0 Å². The van der Waals surface area contributed by atoms with E-state index in [9.17, 15) is 9.90 Å². The second-order valence-electron chi connectivity index (χ2n) is 4.04. The van der Waals surface area contributed by atoms with Gasteiger partial charge in [0.05, 0.1) is 30.4 Å². The van der Waals surface area contributed by atoms with E-state index in [4.69, 9.17) is 21.1 Å². The lowest BCUT2D eigenvalue weighted by Crippen LogP contribution is -2.10. The van der Waals surface area contributed by atoms with Crippen molar-refractivity contribution in [3.8, 4) is 11.5 Å². The van der Waals surface area contributed by atoms with Crippen molar-refractivity contribution in [3.05, 3.63) is 22.2 Å². The maximum Gasteiger partial charge on any atom is 0.171 e. The molecule has 0 unspecified atom stereocenters. The zero-order valence-electron chi connectivity index (χ0n) is 9.62. The average Bonchev–Trinajstić information content (AvgIpc) is 3.06. The Hall–Kier alpha value is -1.26. The van der Waals surface area contributed by atoms with E-state index < -0.39 is 5.60 Å². The Morgan fingerprint density at radius 3 is 2.35 bits per heavy atom. The van der Waals surface area contributed by atoms with Gasteiger partial charge in [0.1, 0.15) is 0 Å². The molecular weight excluding hydrogens is 244 g/mol. The number of hydrogen-bond acceptors (Lipinski definition) is 4. The monoisotopic (exact) mass is 256 g/mol. The summed E-state index contributed by atoms with van der Waals surface area (Å²) in [6, 6.07) is 1.49. The van der Waals surface area contributed by atoms with E-state index in [1.165, 1.54) is 20.3 Å². The molecule has 0 atom stereocenters. The van der Waals surface area contributed by atoms with E-state index in [0.29, 0.717) is 46.8 Å². The third kappa shape index (κ3) is 1.87. The number of aliphatic hydroxyl groups is 1. The van der Waals surface area contributed by atoms with Crippen LogP contribution in [0.1, 0.15) is 28.8 Å². The molecule has 0 heterocycles. The van der Waals surface area contributed by atoms with Crippen molar-refractivity contribution in [2.75, 3.05) is 14.2 Å². The SMILES string of the molecule is COc1c(C=O)cc(Cl)c(C2(O)CC2)c1OC. The predicted molar refractivity (Wildman–Crippen MR) is 63.1 cm³/mol. The Morgan fingerprint density at radius 2 is 1.94 bits per heavy atom. The maximum atomic E-state index is 10.9. The molecule has 92 valence electrons. The van der Waals surface area contributed by atoms with Crippen LogP contribution in [-0.4, -0.2) is 25.6 Å². The number of hydrogen-bond donors (Lipinski definition) is 1. The highest BCUT2D eigenvalue weighted by molar-refractivity contribution is 6.32. The molecule has 5 heteroatoms.